The summed E-state index contributed by atoms with van der Waals surface area (Å²) in [7, 11) is 0. The first-order valence-electron chi connectivity index (χ1n) is 6.07. The zero-order chi connectivity index (χ0) is 12.4. The highest BCUT2D eigenvalue weighted by molar-refractivity contribution is 7.17. The Morgan fingerprint density at radius 3 is 3.28 bits per heavy atom. The van der Waals surface area contributed by atoms with Gasteiger partial charge >= 0.3 is 0 Å². The molecule has 1 unspecified atom stereocenters. The summed E-state index contributed by atoms with van der Waals surface area (Å²) in [5.41, 5.74) is 0.923. The molecule has 0 spiro atoms. The number of nitrogens with one attached hydrogen (secondary N) is 2. The van der Waals surface area contributed by atoms with Gasteiger partial charge in [-0.25, -0.2) is 9.97 Å². The SMILES string of the molecule is O=C1NCCCCC1Nc1ncnc2ccsc12. The number of aromatic nitrogens is 2. The molecule has 1 atom stereocenters. The van der Waals surface area contributed by atoms with Gasteiger partial charge in [0.1, 0.15) is 18.2 Å². The summed E-state index contributed by atoms with van der Waals surface area (Å²) in [4.78, 5) is 20.3. The fourth-order valence-electron chi connectivity index (χ4n) is 2.13. The van der Waals surface area contributed by atoms with Gasteiger partial charge in [0.25, 0.3) is 0 Å². The summed E-state index contributed by atoms with van der Waals surface area (Å²) in [5, 5.41) is 8.15. The largest absolute Gasteiger partial charge is 0.357 e. The van der Waals surface area contributed by atoms with Crippen LogP contribution < -0.4 is 10.6 Å². The highest BCUT2D eigenvalue weighted by Crippen LogP contribution is 2.26. The van der Waals surface area contributed by atoms with Crippen molar-refractivity contribution in [1.82, 2.24) is 15.3 Å². The van der Waals surface area contributed by atoms with Crippen LogP contribution in [0.25, 0.3) is 10.2 Å². The van der Waals surface area contributed by atoms with Crippen LogP contribution in [0.4, 0.5) is 5.82 Å². The maximum absolute atomic E-state index is 11.9. The van der Waals surface area contributed by atoms with E-state index < -0.39 is 0 Å². The first-order chi connectivity index (χ1) is 8.84. The number of carbonyl (C=O) groups excluding carboxylic acids is 1. The molecule has 2 N–H and O–H groups in total. The van der Waals surface area contributed by atoms with Crippen molar-refractivity contribution in [2.45, 2.75) is 25.3 Å². The Balaban J connectivity index is 1.86. The van der Waals surface area contributed by atoms with Crippen LogP contribution in [0.1, 0.15) is 19.3 Å². The molecule has 5 nitrogen and oxygen atoms in total. The lowest BCUT2D eigenvalue weighted by atomic mass is 10.1. The molecule has 0 aromatic carbocycles. The van der Waals surface area contributed by atoms with Crippen molar-refractivity contribution in [3.63, 3.8) is 0 Å². The van der Waals surface area contributed by atoms with E-state index >= 15 is 0 Å². The number of hydrogen-bond acceptors (Lipinski definition) is 5. The average molecular weight is 262 g/mol. The summed E-state index contributed by atoms with van der Waals surface area (Å²) in [6, 6.07) is 1.77. The summed E-state index contributed by atoms with van der Waals surface area (Å²) in [5.74, 6) is 0.827. The number of anilines is 1. The van der Waals surface area contributed by atoms with Crippen LogP contribution in [0.15, 0.2) is 17.8 Å². The molecule has 1 aliphatic rings. The molecule has 0 saturated carbocycles. The van der Waals surface area contributed by atoms with Gasteiger partial charge in [-0.3, -0.25) is 4.79 Å². The van der Waals surface area contributed by atoms with E-state index in [1.165, 1.54) is 6.33 Å². The van der Waals surface area contributed by atoms with Gasteiger partial charge in [0.15, 0.2) is 0 Å². The quantitative estimate of drug-likeness (QED) is 0.865. The lowest BCUT2D eigenvalue weighted by molar-refractivity contribution is -0.121. The monoisotopic (exact) mass is 262 g/mol. The molecule has 3 rings (SSSR count). The molecule has 1 saturated heterocycles. The third kappa shape index (κ3) is 2.15. The Kier molecular flexibility index (Phi) is 3.10. The molecule has 1 aliphatic heterocycles. The second-order valence-corrected chi connectivity index (χ2v) is 5.26. The summed E-state index contributed by atoms with van der Waals surface area (Å²) >= 11 is 1.59. The van der Waals surface area contributed by atoms with Gasteiger partial charge in [-0.15, -0.1) is 11.3 Å². The Morgan fingerprint density at radius 2 is 2.33 bits per heavy atom. The highest BCUT2D eigenvalue weighted by atomic mass is 32.1. The predicted octanol–water partition coefficient (Wildman–Crippen LogP) is 1.77. The summed E-state index contributed by atoms with van der Waals surface area (Å²) < 4.78 is 1.01. The van der Waals surface area contributed by atoms with Crippen molar-refractivity contribution >= 4 is 33.3 Å². The Morgan fingerprint density at radius 1 is 1.39 bits per heavy atom. The maximum Gasteiger partial charge on any atom is 0.242 e. The molecular formula is C12H14N4OS. The van der Waals surface area contributed by atoms with Crippen LogP contribution in [0.5, 0.6) is 0 Å². The number of nitrogens with zero attached hydrogens (tertiary/aromatic N) is 2. The zero-order valence-corrected chi connectivity index (χ0v) is 10.7. The Labute approximate surface area is 109 Å². The predicted molar refractivity (Wildman–Crippen MR) is 71.7 cm³/mol. The molecule has 2 aromatic rings. The van der Waals surface area contributed by atoms with Crippen LogP contribution >= 0.6 is 11.3 Å². The second kappa shape index (κ2) is 4.89. The average Bonchev–Trinajstić information content (AvgIpc) is 2.77. The zero-order valence-electron chi connectivity index (χ0n) is 9.85. The number of thiophene rings is 1. The first kappa shape index (κ1) is 11.4. The molecule has 3 heterocycles. The van der Waals surface area contributed by atoms with Gasteiger partial charge in [-0.2, -0.15) is 0 Å². The van der Waals surface area contributed by atoms with E-state index in [0.29, 0.717) is 0 Å². The number of rotatable bonds is 2. The van der Waals surface area contributed by atoms with E-state index in [1.807, 2.05) is 11.4 Å². The molecular weight excluding hydrogens is 248 g/mol. The number of amides is 1. The standard InChI is InChI=1S/C12H14N4OS/c17-12-9(3-1-2-5-13-12)16-11-10-8(4-6-18-10)14-7-15-11/h4,6-7,9H,1-3,5H2,(H,13,17)(H,14,15,16). The molecule has 94 valence electrons. The molecule has 0 aliphatic carbocycles. The lowest BCUT2D eigenvalue weighted by Gasteiger charge is -2.15. The summed E-state index contributed by atoms with van der Waals surface area (Å²) in [6.45, 7) is 0.773. The fraction of sp³-hybridized carbons (Fsp3) is 0.417. The van der Waals surface area contributed by atoms with Gasteiger partial charge < -0.3 is 10.6 Å². The molecule has 18 heavy (non-hydrogen) atoms. The van der Waals surface area contributed by atoms with Crippen LogP contribution in [-0.4, -0.2) is 28.5 Å². The highest BCUT2D eigenvalue weighted by Gasteiger charge is 2.21. The van der Waals surface area contributed by atoms with Gasteiger partial charge in [0.2, 0.25) is 5.91 Å². The molecule has 6 heteroatoms. The molecule has 1 amide bonds. The maximum atomic E-state index is 11.9. The van der Waals surface area contributed by atoms with Crippen molar-refractivity contribution in [2.75, 3.05) is 11.9 Å². The minimum absolute atomic E-state index is 0.0656. The third-order valence-electron chi connectivity index (χ3n) is 3.09. The molecule has 2 aromatic heterocycles. The van der Waals surface area contributed by atoms with Gasteiger partial charge in [0.05, 0.1) is 10.2 Å². The van der Waals surface area contributed by atoms with Crippen molar-refractivity contribution in [1.29, 1.82) is 0 Å². The Hall–Kier alpha value is -1.69. The molecule has 0 radical (unpaired) electrons. The van der Waals surface area contributed by atoms with Gasteiger partial charge in [-0.05, 0) is 30.7 Å². The number of carbonyl (C=O) groups is 1. The topological polar surface area (TPSA) is 66.9 Å². The lowest BCUT2D eigenvalue weighted by Crippen LogP contribution is -2.38. The van der Waals surface area contributed by atoms with Gasteiger partial charge in [-0.1, -0.05) is 0 Å². The Bertz CT molecular complexity index is 568. The van der Waals surface area contributed by atoms with Crippen molar-refractivity contribution in [3.05, 3.63) is 17.8 Å². The van der Waals surface area contributed by atoms with Gasteiger partial charge in [0, 0.05) is 6.54 Å². The van der Waals surface area contributed by atoms with E-state index in [0.717, 1.165) is 41.8 Å². The van der Waals surface area contributed by atoms with E-state index in [2.05, 4.69) is 20.6 Å². The van der Waals surface area contributed by atoms with Crippen LogP contribution in [-0.2, 0) is 4.79 Å². The van der Waals surface area contributed by atoms with Crippen molar-refractivity contribution in [2.24, 2.45) is 0 Å². The van der Waals surface area contributed by atoms with Crippen molar-refractivity contribution in [3.8, 4) is 0 Å². The first-order valence-corrected chi connectivity index (χ1v) is 6.95. The number of fused-ring (bicyclic) bond motifs is 1. The van der Waals surface area contributed by atoms with E-state index in [-0.39, 0.29) is 11.9 Å². The molecule has 1 fully saturated rings. The normalized spacial score (nSPS) is 20.4. The second-order valence-electron chi connectivity index (χ2n) is 4.34. The van der Waals surface area contributed by atoms with E-state index in [9.17, 15) is 4.79 Å². The van der Waals surface area contributed by atoms with E-state index in [1.54, 1.807) is 11.3 Å². The molecule has 0 bridgehead atoms. The minimum Gasteiger partial charge on any atom is -0.357 e. The fourth-order valence-corrected chi connectivity index (χ4v) is 2.93. The van der Waals surface area contributed by atoms with Crippen LogP contribution in [0, 0.1) is 0 Å². The van der Waals surface area contributed by atoms with Crippen LogP contribution in [0.3, 0.4) is 0 Å². The van der Waals surface area contributed by atoms with Crippen LogP contribution in [0.2, 0.25) is 0 Å². The minimum atomic E-state index is -0.187. The third-order valence-corrected chi connectivity index (χ3v) is 4.00. The smallest absolute Gasteiger partial charge is 0.242 e. The summed E-state index contributed by atoms with van der Waals surface area (Å²) in [6.07, 6.45) is 4.48. The number of hydrogen-bond donors (Lipinski definition) is 2. The van der Waals surface area contributed by atoms with Crippen molar-refractivity contribution < 1.29 is 4.79 Å². The van der Waals surface area contributed by atoms with E-state index in [4.69, 9.17) is 0 Å².